The molecule has 2 heterocycles. The topological polar surface area (TPSA) is 84.3 Å². The molecule has 3 amide bonds. The van der Waals surface area contributed by atoms with Crippen LogP contribution in [-0.4, -0.2) is 38.7 Å². The van der Waals surface area contributed by atoms with E-state index in [2.05, 4.69) is 10.3 Å². The van der Waals surface area contributed by atoms with Crippen LogP contribution in [0.1, 0.15) is 18.2 Å². The van der Waals surface area contributed by atoms with E-state index in [0.29, 0.717) is 12.2 Å². The summed E-state index contributed by atoms with van der Waals surface area (Å²) >= 11 is 0. The number of aromatic nitrogens is 2. The van der Waals surface area contributed by atoms with Crippen molar-refractivity contribution in [3.63, 3.8) is 0 Å². The fourth-order valence-electron chi connectivity index (χ4n) is 2.44. The van der Waals surface area contributed by atoms with Crippen molar-refractivity contribution in [2.75, 3.05) is 6.54 Å². The van der Waals surface area contributed by atoms with Crippen LogP contribution in [0.4, 0.5) is 0 Å². The average Bonchev–Trinajstić information content (AvgIpc) is 2.98. The molecular weight excluding hydrogens is 308 g/mol. The Bertz CT molecular complexity index is 823. The predicted molar refractivity (Wildman–Crippen MR) is 86.3 cm³/mol. The number of piperazine rings is 1. The Morgan fingerprint density at radius 3 is 2.75 bits per heavy atom. The molecule has 0 radical (unpaired) electrons. The van der Waals surface area contributed by atoms with Gasteiger partial charge in [0.15, 0.2) is 0 Å². The average molecular weight is 324 g/mol. The minimum Gasteiger partial charge on any atom is -0.332 e. The second-order valence-corrected chi connectivity index (χ2v) is 5.47. The molecule has 1 aromatic carbocycles. The third-order valence-corrected chi connectivity index (χ3v) is 3.58. The molecule has 1 aliphatic heterocycles. The van der Waals surface area contributed by atoms with Crippen molar-refractivity contribution in [1.29, 1.82) is 0 Å². The van der Waals surface area contributed by atoms with Gasteiger partial charge in [0, 0.05) is 19.7 Å². The first-order valence-electron chi connectivity index (χ1n) is 7.42. The highest BCUT2D eigenvalue weighted by Gasteiger charge is 2.30. The molecule has 1 fully saturated rings. The first-order chi connectivity index (χ1) is 11.5. The van der Waals surface area contributed by atoms with E-state index >= 15 is 0 Å². The second-order valence-electron chi connectivity index (χ2n) is 5.47. The van der Waals surface area contributed by atoms with E-state index < -0.39 is 17.7 Å². The van der Waals surface area contributed by atoms with Crippen molar-refractivity contribution >= 4 is 23.8 Å². The lowest BCUT2D eigenvalue weighted by Gasteiger charge is -2.25. The zero-order valence-electron chi connectivity index (χ0n) is 13.1. The molecule has 0 bridgehead atoms. The van der Waals surface area contributed by atoms with E-state index in [9.17, 15) is 14.4 Å². The van der Waals surface area contributed by atoms with Crippen molar-refractivity contribution in [3.05, 3.63) is 59.8 Å². The zero-order chi connectivity index (χ0) is 17.1. The van der Waals surface area contributed by atoms with Gasteiger partial charge < -0.3 is 9.88 Å². The minimum atomic E-state index is -0.528. The summed E-state index contributed by atoms with van der Waals surface area (Å²) in [4.78, 5) is 40.4. The fourth-order valence-corrected chi connectivity index (χ4v) is 2.44. The van der Waals surface area contributed by atoms with E-state index in [1.165, 1.54) is 13.0 Å². The van der Waals surface area contributed by atoms with Crippen LogP contribution in [0.15, 0.2) is 48.6 Å². The van der Waals surface area contributed by atoms with Crippen molar-refractivity contribution < 1.29 is 14.4 Å². The van der Waals surface area contributed by atoms with Crippen LogP contribution in [-0.2, 0) is 20.9 Å². The molecule has 1 aromatic heterocycles. The fraction of sp³-hybridized carbons (Fsp3) is 0.176. The van der Waals surface area contributed by atoms with Crippen molar-refractivity contribution in [2.24, 2.45) is 0 Å². The standard InChI is InChI=1S/C17H16N4O3/c1-12(22)21-10-16(23)19-15(17(21)24)7-14-9-20(11-18-14)8-13-5-3-2-4-6-13/h2-7,9,11H,8,10H2,1H3,(H,19,23)/b15-7-. The maximum Gasteiger partial charge on any atom is 0.277 e. The molecule has 24 heavy (non-hydrogen) atoms. The predicted octanol–water partition coefficient (Wildman–Crippen LogP) is 0.777. The number of hydrogen-bond donors (Lipinski definition) is 1. The Kier molecular flexibility index (Phi) is 4.24. The van der Waals surface area contributed by atoms with Crippen molar-refractivity contribution in [2.45, 2.75) is 13.5 Å². The Morgan fingerprint density at radius 2 is 2.04 bits per heavy atom. The number of carbonyl (C=O) groups is 3. The molecule has 1 saturated heterocycles. The van der Waals surface area contributed by atoms with Crippen LogP contribution in [0.25, 0.3) is 6.08 Å². The summed E-state index contributed by atoms with van der Waals surface area (Å²) in [7, 11) is 0. The van der Waals surface area contributed by atoms with Gasteiger partial charge in [0.25, 0.3) is 5.91 Å². The molecule has 0 unspecified atom stereocenters. The number of imide groups is 1. The summed E-state index contributed by atoms with van der Waals surface area (Å²) in [5.74, 6) is -1.39. The molecule has 2 aromatic rings. The number of hydrogen-bond acceptors (Lipinski definition) is 4. The lowest BCUT2D eigenvalue weighted by atomic mass is 10.2. The number of carbonyl (C=O) groups excluding carboxylic acids is 3. The van der Waals surface area contributed by atoms with E-state index in [4.69, 9.17) is 0 Å². The van der Waals surface area contributed by atoms with E-state index in [0.717, 1.165) is 10.5 Å². The molecule has 0 atom stereocenters. The summed E-state index contributed by atoms with van der Waals surface area (Å²) in [6, 6.07) is 9.89. The van der Waals surface area contributed by atoms with Gasteiger partial charge in [0.05, 0.1) is 12.0 Å². The SMILES string of the molecule is CC(=O)N1CC(=O)N/C(=C\c2cn(Cc3ccccc3)cn2)C1=O. The molecule has 7 nitrogen and oxygen atoms in total. The van der Waals surface area contributed by atoms with Gasteiger partial charge in [-0.1, -0.05) is 30.3 Å². The summed E-state index contributed by atoms with van der Waals surface area (Å²) in [6.45, 7) is 1.65. The van der Waals surface area contributed by atoms with Gasteiger partial charge in [-0.2, -0.15) is 0 Å². The summed E-state index contributed by atoms with van der Waals surface area (Å²) in [5, 5.41) is 2.49. The van der Waals surface area contributed by atoms with Crippen molar-refractivity contribution in [1.82, 2.24) is 19.8 Å². The number of amides is 3. The molecule has 1 N–H and O–H groups in total. The van der Waals surface area contributed by atoms with Gasteiger partial charge in [-0.3, -0.25) is 19.3 Å². The van der Waals surface area contributed by atoms with Gasteiger partial charge in [-0.25, -0.2) is 4.98 Å². The maximum atomic E-state index is 12.2. The zero-order valence-corrected chi connectivity index (χ0v) is 13.1. The summed E-state index contributed by atoms with van der Waals surface area (Å²) in [5.41, 5.74) is 1.70. The number of nitrogens with zero attached hydrogens (tertiary/aromatic N) is 3. The normalized spacial score (nSPS) is 16.4. The van der Waals surface area contributed by atoms with Crippen LogP contribution in [0.5, 0.6) is 0 Å². The second kappa shape index (κ2) is 6.49. The highest BCUT2D eigenvalue weighted by Crippen LogP contribution is 2.11. The summed E-state index contributed by atoms with van der Waals surface area (Å²) in [6.07, 6.45) is 4.89. The molecule has 0 spiro atoms. The van der Waals surface area contributed by atoms with Gasteiger partial charge >= 0.3 is 0 Å². The van der Waals surface area contributed by atoms with Crippen molar-refractivity contribution in [3.8, 4) is 0 Å². The molecular formula is C17H16N4O3. The molecule has 0 saturated carbocycles. The number of imidazole rings is 1. The molecule has 7 heteroatoms. The van der Waals surface area contributed by atoms with Gasteiger partial charge in [0.1, 0.15) is 12.2 Å². The first kappa shape index (κ1) is 15.7. The van der Waals surface area contributed by atoms with Crippen LogP contribution < -0.4 is 5.32 Å². The smallest absolute Gasteiger partial charge is 0.277 e. The summed E-state index contributed by atoms with van der Waals surface area (Å²) < 4.78 is 1.87. The highest BCUT2D eigenvalue weighted by atomic mass is 16.2. The van der Waals surface area contributed by atoms with E-state index in [1.54, 1.807) is 12.5 Å². The van der Waals surface area contributed by atoms with Gasteiger partial charge in [0.2, 0.25) is 11.8 Å². The van der Waals surface area contributed by atoms with Gasteiger partial charge in [-0.15, -0.1) is 0 Å². The maximum absolute atomic E-state index is 12.2. The van der Waals surface area contributed by atoms with Crippen LogP contribution in [0.2, 0.25) is 0 Å². The number of benzene rings is 1. The largest absolute Gasteiger partial charge is 0.332 e. The first-order valence-corrected chi connectivity index (χ1v) is 7.42. The van der Waals surface area contributed by atoms with Crippen LogP contribution in [0.3, 0.4) is 0 Å². The number of nitrogens with one attached hydrogen (secondary N) is 1. The monoisotopic (exact) mass is 324 g/mol. The molecule has 3 rings (SSSR count). The highest BCUT2D eigenvalue weighted by molar-refractivity contribution is 6.12. The number of rotatable bonds is 3. The quantitative estimate of drug-likeness (QED) is 0.846. The Labute approximate surface area is 138 Å². The minimum absolute atomic E-state index is 0.0476. The van der Waals surface area contributed by atoms with E-state index in [1.807, 2.05) is 34.9 Å². The Hall–Kier alpha value is -3.22. The van der Waals surface area contributed by atoms with Gasteiger partial charge in [-0.05, 0) is 11.6 Å². The third-order valence-electron chi connectivity index (χ3n) is 3.58. The Balaban J connectivity index is 1.79. The Morgan fingerprint density at radius 1 is 1.29 bits per heavy atom. The lowest BCUT2D eigenvalue weighted by Crippen LogP contribution is -2.51. The van der Waals surface area contributed by atoms with Crippen LogP contribution in [0, 0.1) is 0 Å². The van der Waals surface area contributed by atoms with Crippen LogP contribution >= 0.6 is 0 Å². The third kappa shape index (κ3) is 3.40. The molecule has 1 aliphatic rings. The lowest BCUT2D eigenvalue weighted by molar-refractivity contribution is -0.147. The molecule has 122 valence electrons. The van der Waals surface area contributed by atoms with E-state index in [-0.39, 0.29) is 12.2 Å². The molecule has 0 aliphatic carbocycles.